The summed E-state index contributed by atoms with van der Waals surface area (Å²) in [6.07, 6.45) is 0.903. The van der Waals surface area contributed by atoms with Gasteiger partial charge in [-0.1, -0.05) is 30.3 Å². The van der Waals surface area contributed by atoms with Gasteiger partial charge >= 0.3 is 5.97 Å². The number of aryl methyl sites for hydroxylation is 1. The van der Waals surface area contributed by atoms with Crippen molar-refractivity contribution in [2.24, 2.45) is 0 Å². The summed E-state index contributed by atoms with van der Waals surface area (Å²) in [6, 6.07) is 18.1. The topological polar surface area (TPSA) is 55.8 Å². The van der Waals surface area contributed by atoms with Crippen LogP contribution >= 0.6 is 0 Å². The molecule has 1 heterocycles. The first-order valence-corrected chi connectivity index (χ1v) is 10.0. The summed E-state index contributed by atoms with van der Waals surface area (Å²) >= 11 is 0. The normalized spacial score (nSPS) is 14.9. The Kier molecular flexibility index (Phi) is 5.05. The van der Waals surface area contributed by atoms with Crippen LogP contribution < -0.4 is 4.74 Å². The monoisotopic (exact) mass is 390 g/mol. The zero-order chi connectivity index (χ0) is 20.6. The molecule has 0 spiro atoms. The smallest absolute Gasteiger partial charge is 0.337 e. The third kappa shape index (κ3) is 4.13. The molecule has 0 fully saturated rings. The Labute approximate surface area is 171 Å². The minimum absolute atomic E-state index is 0.588. The summed E-state index contributed by atoms with van der Waals surface area (Å²) in [5, 5.41) is 12.0. The molecule has 1 aliphatic rings. The zero-order valence-electron chi connectivity index (χ0n) is 17.1. The van der Waals surface area contributed by atoms with E-state index in [0.717, 1.165) is 52.7 Å². The van der Waals surface area contributed by atoms with Crippen LogP contribution in [0.25, 0.3) is 21.9 Å². The average Bonchev–Trinajstić information content (AvgIpc) is 2.70. The van der Waals surface area contributed by atoms with Crippen LogP contribution in [0.15, 0.2) is 54.6 Å². The van der Waals surface area contributed by atoms with Gasteiger partial charge in [-0.3, -0.25) is 0 Å². The van der Waals surface area contributed by atoms with Gasteiger partial charge in [-0.05, 0) is 85.3 Å². The van der Waals surface area contributed by atoms with Crippen LogP contribution in [0.1, 0.15) is 44.4 Å². The number of carboxylic acid groups (broad SMARTS) is 1. The molecular formula is C25H26O4. The van der Waals surface area contributed by atoms with E-state index in [4.69, 9.17) is 9.47 Å². The Morgan fingerprint density at radius 3 is 2.48 bits per heavy atom. The highest BCUT2D eigenvalue weighted by molar-refractivity contribution is 5.92. The maximum absolute atomic E-state index is 12.2. The van der Waals surface area contributed by atoms with E-state index in [1.54, 1.807) is 0 Å². The zero-order valence-corrected chi connectivity index (χ0v) is 17.1. The summed E-state index contributed by atoms with van der Waals surface area (Å²) in [7, 11) is 0. The first kappa shape index (κ1) is 19.5. The molecule has 0 bridgehead atoms. The second-order valence-electron chi connectivity index (χ2n) is 8.51. The predicted molar refractivity (Wildman–Crippen MR) is 114 cm³/mol. The van der Waals surface area contributed by atoms with Crippen molar-refractivity contribution >= 4 is 16.7 Å². The molecule has 3 aromatic carbocycles. The fourth-order valence-corrected chi connectivity index (χ4v) is 3.85. The molecule has 1 unspecified atom stereocenters. The number of rotatable bonds is 4. The van der Waals surface area contributed by atoms with Crippen LogP contribution in [0.2, 0.25) is 0 Å². The molecular weight excluding hydrogens is 364 g/mol. The highest BCUT2D eigenvalue weighted by Gasteiger charge is 2.29. The molecule has 150 valence electrons. The van der Waals surface area contributed by atoms with Crippen molar-refractivity contribution in [1.82, 2.24) is 0 Å². The molecule has 0 saturated heterocycles. The van der Waals surface area contributed by atoms with Gasteiger partial charge in [0, 0.05) is 5.56 Å². The average molecular weight is 390 g/mol. The predicted octanol–water partition coefficient (Wildman–Crippen LogP) is 5.77. The standard InChI is InChI=1S/C25H26O4/c1-25(2,3)29-23(24(26)27)21-15-17-8-5-4-7-16(17)14-20(21)18-10-11-22-19(13-18)9-6-12-28-22/h4-5,7-8,10-11,13-15,23H,6,9,12H2,1-3H3,(H,26,27). The second kappa shape index (κ2) is 7.53. The maximum atomic E-state index is 12.2. The van der Waals surface area contributed by atoms with Gasteiger partial charge in [0.1, 0.15) is 5.75 Å². The lowest BCUT2D eigenvalue weighted by Gasteiger charge is -2.27. The number of carbonyl (C=O) groups is 1. The number of hydrogen-bond donors (Lipinski definition) is 1. The minimum Gasteiger partial charge on any atom is -0.493 e. The number of ether oxygens (including phenoxy) is 2. The van der Waals surface area contributed by atoms with Crippen LogP contribution in [0.3, 0.4) is 0 Å². The van der Waals surface area contributed by atoms with E-state index in [1.807, 2.05) is 63.2 Å². The van der Waals surface area contributed by atoms with Crippen LogP contribution in [0.4, 0.5) is 0 Å². The van der Waals surface area contributed by atoms with Crippen molar-refractivity contribution in [1.29, 1.82) is 0 Å². The van der Waals surface area contributed by atoms with E-state index < -0.39 is 17.7 Å². The lowest BCUT2D eigenvalue weighted by Crippen LogP contribution is -2.27. The van der Waals surface area contributed by atoms with E-state index in [-0.39, 0.29) is 0 Å². The Morgan fingerprint density at radius 1 is 1.07 bits per heavy atom. The molecule has 4 heteroatoms. The number of benzene rings is 3. The van der Waals surface area contributed by atoms with Crippen molar-refractivity contribution in [3.05, 3.63) is 65.7 Å². The molecule has 1 atom stereocenters. The van der Waals surface area contributed by atoms with Gasteiger partial charge in [0.05, 0.1) is 12.2 Å². The molecule has 3 aromatic rings. The van der Waals surface area contributed by atoms with Crippen molar-refractivity contribution < 1.29 is 19.4 Å². The van der Waals surface area contributed by atoms with Crippen molar-refractivity contribution in [3.8, 4) is 16.9 Å². The summed E-state index contributed by atoms with van der Waals surface area (Å²) in [4.78, 5) is 12.2. The molecule has 0 aliphatic carbocycles. The quantitative estimate of drug-likeness (QED) is 0.614. The SMILES string of the molecule is CC(C)(C)OC(C(=O)O)c1cc2ccccc2cc1-c1ccc2c(c1)CCCO2. The minimum atomic E-state index is -1.05. The van der Waals surface area contributed by atoms with Crippen LogP contribution in [0, 0.1) is 0 Å². The van der Waals surface area contributed by atoms with Crippen molar-refractivity contribution in [2.45, 2.75) is 45.3 Å². The van der Waals surface area contributed by atoms with Gasteiger partial charge in [-0.15, -0.1) is 0 Å². The fraction of sp³-hybridized carbons (Fsp3) is 0.320. The molecule has 29 heavy (non-hydrogen) atoms. The number of hydrogen-bond acceptors (Lipinski definition) is 3. The van der Waals surface area contributed by atoms with Gasteiger partial charge < -0.3 is 14.6 Å². The highest BCUT2D eigenvalue weighted by Crippen LogP contribution is 2.38. The first-order chi connectivity index (χ1) is 13.8. The van der Waals surface area contributed by atoms with Crippen LogP contribution in [-0.4, -0.2) is 23.3 Å². The summed E-state index contributed by atoms with van der Waals surface area (Å²) < 4.78 is 11.7. The Hall–Kier alpha value is -2.85. The van der Waals surface area contributed by atoms with Crippen LogP contribution in [-0.2, 0) is 16.0 Å². The second-order valence-corrected chi connectivity index (χ2v) is 8.51. The Morgan fingerprint density at radius 2 is 1.79 bits per heavy atom. The largest absolute Gasteiger partial charge is 0.493 e. The Bertz CT molecular complexity index is 1060. The first-order valence-electron chi connectivity index (χ1n) is 10.0. The van der Waals surface area contributed by atoms with E-state index in [1.165, 1.54) is 0 Å². The molecule has 4 nitrogen and oxygen atoms in total. The van der Waals surface area contributed by atoms with Gasteiger partial charge in [0.15, 0.2) is 6.10 Å². The number of aliphatic carboxylic acids is 1. The molecule has 0 saturated carbocycles. The van der Waals surface area contributed by atoms with Gasteiger partial charge in [-0.25, -0.2) is 4.79 Å². The number of fused-ring (bicyclic) bond motifs is 2. The van der Waals surface area contributed by atoms with E-state index in [0.29, 0.717) is 5.56 Å². The molecule has 0 radical (unpaired) electrons. The van der Waals surface area contributed by atoms with Gasteiger partial charge in [0.2, 0.25) is 0 Å². The molecule has 1 N–H and O–H groups in total. The lowest BCUT2D eigenvalue weighted by molar-refractivity contribution is -0.160. The van der Waals surface area contributed by atoms with E-state index in [2.05, 4.69) is 12.1 Å². The molecule has 0 amide bonds. The third-order valence-electron chi connectivity index (χ3n) is 5.12. The summed E-state index contributed by atoms with van der Waals surface area (Å²) in [5.41, 5.74) is 3.11. The number of carboxylic acids is 1. The lowest BCUT2D eigenvalue weighted by atomic mass is 9.90. The Balaban J connectivity index is 1.92. The molecule has 0 aromatic heterocycles. The van der Waals surface area contributed by atoms with E-state index >= 15 is 0 Å². The molecule has 1 aliphatic heterocycles. The molecule has 4 rings (SSSR count). The summed E-state index contributed by atoms with van der Waals surface area (Å²) in [6.45, 7) is 6.37. The van der Waals surface area contributed by atoms with Crippen molar-refractivity contribution in [3.63, 3.8) is 0 Å². The fourth-order valence-electron chi connectivity index (χ4n) is 3.85. The summed E-state index contributed by atoms with van der Waals surface area (Å²) in [5.74, 6) is -0.0687. The van der Waals surface area contributed by atoms with Crippen LogP contribution in [0.5, 0.6) is 5.75 Å². The van der Waals surface area contributed by atoms with Gasteiger partial charge in [-0.2, -0.15) is 0 Å². The van der Waals surface area contributed by atoms with Gasteiger partial charge in [0.25, 0.3) is 0 Å². The third-order valence-corrected chi connectivity index (χ3v) is 5.12. The van der Waals surface area contributed by atoms with E-state index in [9.17, 15) is 9.90 Å². The highest BCUT2D eigenvalue weighted by atomic mass is 16.5. The maximum Gasteiger partial charge on any atom is 0.337 e. The van der Waals surface area contributed by atoms with Crippen molar-refractivity contribution in [2.75, 3.05) is 6.61 Å².